The molecule has 1 amide bonds. The van der Waals surface area contributed by atoms with Gasteiger partial charge in [-0.15, -0.1) is 0 Å². The zero-order chi connectivity index (χ0) is 36.5. The van der Waals surface area contributed by atoms with E-state index in [1.165, 1.54) is 14.2 Å². The van der Waals surface area contributed by atoms with Crippen molar-refractivity contribution in [1.82, 2.24) is 9.80 Å². The minimum atomic E-state index is -2.75. The number of nitrogens with two attached hydrogens (primary N) is 1. The zero-order valence-corrected chi connectivity index (χ0v) is 28.9. The third-order valence-electron chi connectivity index (χ3n) is 10.2. The number of aliphatic hydroxyl groups excluding tert-OH is 2. The van der Waals surface area contributed by atoms with E-state index in [-0.39, 0.29) is 61.1 Å². The molecule has 2 unspecified atom stereocenters. The van der Waals surface area contributed by atoms with Crippen LogP contribution < -0.4 is 10.6 Å². The van der Waals surface area contributed by atoms with Crippen LogP contribution in [0, 0.1) is 17.8 Å². The van der Waals surface area contributed by atoms with Crippen LogP contribution in [0.4, 0.5) is 5.69 Å². The first kappa shape index (κ1) is 37.8. The van der Waals surface area contributed by atoms with E-state index < -0.39 is 58.7 Å². The number of likely N-dealkylation sites (N-methyl/N-ethyl adjacent to an activating group) is 1. The Labute approximate surface area is 285 Å². The number of fused-ring (bicyclic) bond motifs is 3. The van der Waals surface area contributed by atoms with Crippen LogP contribution in [0.2, 0.25) is 0 Å². The number of ether oxygens (including phenoxy) is 2. The van der Waals surface area contributed by atoms with E-state index in [1.807, 2.05) is 9.80 Å². The van der Waals surface area contributed by atoms with Crippen molar-refractivity contribution in [3.05, 3.63) is 28.3 Å². The molecule has 0 radical (unpaired) electrons. The predicted molar refractivity (Wildman–Crippen MR) is 176 cm³/mol. The van der Waals surface area contributed by atoms with Gasteiger partial charge in [-0.3, -0.25) is 28.9 Å². The van der Waals surface area contributed by atoms with E-state index in [0.717, 1.165) is 0 Å². The summed E-state index contributed by atoms with van der Waals surface area (Å²) in [7, 11) is 9.40. The second-order valence-electron chi connectivity index (χ2n) is 13.6. The molecule has 270 valence electrons. The zero-order valence-electron chi connectivity index (χ0n) is 28.9. The molecule has 3 aliphatic rings. The van der Waals surface area contributed by atoms with Crippen molar-refractivity contribution >= 4 is 40.9 Å². The highest BCUT2D eigenvalue weighted by atomic mass is 16.5. The minimum absolute atomic E-state index is 0.00849. The van der Waals surface area contributed by atoms with Gasteiger partial charge in [-0.25, -0.2) is 0 Å². The summed E-state index contributed by atoms with van der Waals surface area (Å²) in [6, 6.07) is 0.803. The molecule has 15 heteroatoms. The van der Waals surface area contributed by atoms with Crippen molar-refractivity contribution in [2.24, 2.45) is 23.5 Å². The number of phenolic OH excluding ortho intramolecular Hbond substituents is 1. The van der Waals surface area contributed by atoms with Gasteiger partial charge in [0.1, 0.15) is 17.4 Å². The van der Waals surface area contributed by atoms with E-state index in [2.05, 4.69) is 0 Å². The molecular formula is C34H48N4O11. The Hall–Kier alpha value is -4.05. The molecule has 4 rings (SSSR count). The van der Waals surface area contributed by atoms with E-state index in [0.29, 0.717) is 42.7 Å². The summed E-state index contributed by atoms with van der Waals surface area (Å²) in [4.78, 5) is 69.1. The van der Waals surface area contributed by atoms with Gasteiger partial charge in [0.15, 0.2) is 11.4 Å². The molecular weight excluding hydrogens is 640 g/mol. The number of aromatic hydroxyl groups is 1. The van der Waals surface area contributed by atoms with Crippen molar-refractivity contribution in [2.75, 3.05) is 60.4 Å². The van der Waals surface area contributed by atoms with Crippen LogP contribution in [0.3, 0.4) is 0 Å². The third kappa shape index (κ3) is 6.89. The summed E-state index contributed by atoms with van der Waals surface area (Å²) < 4.78 is 9.50. The number of anilines is 1. The largest absolute Gasteiger partial charge is 0.507 e. The summed E-state index contributed by atoms with van der Waals surface area (Å²) in [6.45, 7) is 0.970. The summed E-state index contributed by atoms with van der Waals surface area (Å²) in [6.07, 6.45) is -0.201. The number of hydrogen-bond donors (Lipinski definition) is 5. The van der Waals surface area contributed by atoms with E-state index >= 15 is 0 Å². The topological polar surface area (TPSA) is 220 Å². The second-order valence-corrected chi connectivity index (χ2v) is 13.6. The van der Waals surface area contributed by atoms with E-state index in [4.69, 9.17) is 15.2 Å². The number of carbonyl (C=O) groups excluding carboxylic acids is 5. The lowest BCUT2D eigenvalue weighted by molar-refractivity contribution is -0.184. The van der Waals surface area contributed by atoms with Crippen LogP contribution in [-0.2, 0) is 46.4 Å². The number of benzene rings is 1. The number of esters is 2. The molecule has 1 aromatic rings. The number of hydrogen-bond acceptors (Lipinski definition) is 14. The highest BCUT2D eigenvalue weighted by molar-refractivity contribution is 6.25. The molecule has 2 saturated carbocycles. The number of carbonyl (C=O) groups is 5. The Kier molecular flexibility index (Phi) is 11.4. The van der Waals surface area contributed by atoms with Crippen LogP contribution in [0.25, 0.3) is 5.76 Å². The molecule has 0 heterocycles. The van der Waals surface area contributed by atoms with Crippen LogP contribution >= 0.6 is 0 Å². The van der Waals surface area contributed by atoms with Gasteiger partial charge >= 0.3 is 11.9 Å². The van der Waals surface area contributed by atoms with Gasteiger partial charge in [-0.1, -0.05) is 0 Å². The summed E-state index contributed by atoms with van der Waals surface area (Å²) in [5, 5.41) is 46.6. The van der Waals surface area contributed by atoms with E-state index in [9.17, 15) is 44.4 Å². The van der Waals surface area contributed by atoms with Crippen molar-refractivity contribution in [1.29, 1.82) is 0 Å². The van der Waals surface area contributed by atoms with Gasteiger partial charge in [0.05, 0.1) is 25.9 Å². The fourth-order valence-corrected chi connectivity index (χ4v) is 7.84. The number of amides is 1. The molecule has 6 atom stereocenters. The smallest absolute Gasteiger partial charge is 0.305 e. The van der Waals surface area contributed by atoms with Crippen molar-refractivity contribution < 1.29 is 53.9 Å². The molecule has 2 fully saturated rings. The molecule has 0 bridgehead atoms. The Balaban J connectivity index is 1.79. The molecule has 0 saturated heterocycles. The Morgan fingerprint density at radius 3 is 2.06 bits per heavy atom. The van der Waals surface area contributed by atoms with Gasteiger partial charge in [-0.2, -0.15) is 0 Å². The standard InChI is InChI=1S/C34H48N4O11/c1-36(2)21-15-18(16-38(11-7-9-22(39)48-5)12-8-10-23(40)49-6)28(41)25-19(21)13-17-14-20-27(37(3)4)30(43)26(33(35)46)32(45)34(20,47)31(44)24(17)29(25)42/h15,17,20,26-27,30,41-43,47H,7-14,16H2,1-6H3,(H2,35,46)/t17-,20-,26?,27-,30?,34-/m1/s1. The Bertz CT molecular complexity index is 1520. The lowest BCUT2D eigenvalue weighted by atomic mass is 9.54. The minimum Gasteiger partial charge on any atom is -0.507 e. The monoisotopic (exact) mass is 688 g/mol. The molecule has 0 spiro atoms. The molecule has 0 aromatic heterocycles. The third-order valence-corrected chi connectivity index (χ3v) is 10.2. The fourth-order valence-electron chi connectivity index (χ4n) is 7.84. The van der Waals surface area contributed by atoms with Crippen LogP contribution in [0.5, 0.6) is 5.75 Å². The average molecular weight is 689 g/mol. The highest BCUT2D eigenvalue weighted by Crippen LogP contribution is 2.53. The maximum Gasteiger partial charge on any atom is 0.305 e. The highest BCUT2D eigenvalue weighted by Gasteiger charge is 2.67. The molecule has 6 N–H and O–H groups in total. The molecule has 0 aliphatic heterocycles. The quantitative estimate of drug-likeness (QED) is 0.135. The molecule has 3 aliphatic carbocycles. The number of phenols is 1. The number of primary amides is 1. The van der Waals surface area contributed by atoms with Gasteiger partial charge in [0, 0.05) is 62.3 Å². The average Bonchev–Trinajstić information content (AvgIpc) is 3.02. The lowest BCUT2D eigenvalue weighted by Crippen LogP contribution is -2.73. The Morgan fingerprint density at radius 1 is 1.00 bits per heavy atom. The molecule has 49 heavy (non-hydrogen) atoms. The molecule has 15 nitrogen and oxygen atoms in total. The Morgan fingerprint density at radius 2 is 1.57 bits per heavy atom. The first-order valence-electron chi connectivity index (χ1n) is 16.3. The first-order valence-corrected chi connectivity index (χ1v) is 16.3. The number of methoxy groups -OCH3 is 2. The summed E-state index contributed by atoms with van der Waals surface area (Å²) >= 11 is 0. The van der Waals surface area contributed by atoms with E-state index in [1.54, 1.807) is 39.2 Å². The number of ketones is 2. The molecule has 1 aromatic carbocycles. The van der Waals surface area contributed by atoms with Crippen molar-refractivity contribution in [2.45, 2.75) is 62.8 Å². The maximum absolute atomic E-state index is 14.3. The van der Waals surface area contributed by atoms with Crippen LogP contribution in [0.15, 0.2) is 11.6 Å². The summed E-state index contributed by atoms with van der Waals surface area (Å²) in [5.41, 5.74) is 4.08. The van der Waals surface area contributed by atoms with Crippen LogP contribution in [0.1, 0.15) is 48.8 Å². The van der Waals surface area contributed by atoms with Gasteiger partial charge in [0.25, 0.3) is 0 Å². The van der Waals surface area contributed by atoms with Crippen molar-refractivity contribution in [3.8, 4) is 5.75 Å². The predicted octanol–water partition coefficient (Wildman–Crippen LogP) is -0.0966. The number of nitrogens with zero attached hydrogens (tertiary/aromatic N) is 3. The number of rotatable bonds is 13. The second kappa shape index (κ2) is 14.8. The lowest BCUT2D eigenvalue weighted by Gasteiger charge is -2.53. The van der Waals surface area contributed by atoms with Gasteiger partial charge in [0.2, 0.25) is 11.7 Å². The summed E-state index contributed by atoms with van der Waals surface area (Å²) in [5.74, 6) is -8.77. The maximum atomic E-state index is 14.3. The number of Topliss-reactive ketones (excluding diaryl/α,β-unsaturated/α-hetero) is 2. The SMILES string of the molecule is COC(=O)CCCN(CCCC(=O)OC)Cc1cc(N(C)C)c2c(c1O)C(O)=C1C(=O)[C@@]3(O)C(=O)C(C(N)=O)C(O)[C@H](N(C)C)[C@H]3C[C@H]1C2. The van der Waals surface area contributed by atoms with Crippen molar-refractivity contribution in [3.63, 3.8) is 0 Å². The van der Waals surface area contributed by atoms with Gasteiger partial charge in [-0.05, 0) is 70.4 Å². The number of aliphatic hydroxyl groups is 3. The fraction of sp³-hybridized carbons (Fsp3) is 0.618. The first-order chi connectivity index (χ1) is 23.0. The van der Waals surface area contributed by atoms with Gasteiger partial charge < -0.3 is 45.4 Å². The normalized spacial score (nSPS) is 26.3. The van der Waals surface area contributed by atoms with Crippen LogP contribution in [-0.4, -0.2) is 133 Å².